The number of carbonyl (C=O) groups excluding carboxylic acids is 1. The fourth-order valence-electron chi connectivity index (χ4n) is 2.95. The van der Waals surface area contributed by atoms with Crippen molar-refractivity contribution in [2.75, 3.05) is 11.9 Å². The molecular weight excluding hydrogens is 316 g/mol. The number of likely N-dealkylation sites (tertiary alicyclic amines) is 1. The monoisotopic (exact) mass is 334 g/mol. The maximum absolute atomic E-state index is 12.4. The first-order valence-corrected chi connectivity index (χ1v) is 8.01. The van der Waals surface area contributed by atoms with Gasteiger partial charge in [0.25, 0.3) is 0 Å². The molecule has 2 heterocycles. The number of aromatic nitrogens is 4. The lowest BCUT2D eigenvalue weighted by atomic mass is 10.2. The number of tetrazole rings is 1. The SMILES string of the molecule is C[C@H]1CC[C@H](C)N1CC(=O)Nc1cc(-n2cnnn2)ccc1Cl. The van der Waals surface area contributed by atoms with E-state index in [0.717, 1.165) is 18.5 Å². The van der Waals surface area contributed by atoms with Gasteiger partial charge in [0, 0.05) is 12.1 Å². The van der Waals surface area contributed by atoms with Gasteiger partial charge in [-0.25, -0.2) is 4.68 Å². The van der Waals surface area contributed by atoms with Gasteiger partial charge in [0.15, 0.2) is 0 Å². The minimum absolute atomic E-state index is 0.0682. The van der Waals surface area contributed by atoms with Crippen molar-refractivity contribution < 1.29 is 4.79 Å². The number of anilines is 1. The Balaban J connectivity index is 1.72. The van der Waals surface area contributed by atoms with Crippen LogP contribution in [0.1, 0.15) is 26.7 Å². The van der Waals surface area contributed by atoms with E-state index in [2.05, 4.69) is 39.6 Å². The second-order valence-corrected chi connectivity index (χ2v) is 6.32. The number of rotatable bonds is 4. The Hall–Kier alpha value is -1.99. The molecule has 0 aliphatic carbocycles. The lowest BCUT2D eigenvalue weighted by Gasteiger charge is -2.25. The molecule has 1 saturated heterocycles. The van der Waals surface area contributed by atoms with Crippen LogP contribution in [0.2, 0.25) is 5.02 Å². The summed E-state index contributed by atoms with van der Waals surface area (Å²) in [4.78, 5) is 14.6. The molecule has 2 atom stereocenters. The van der Waals surface area contributed by atoms with Crippen LogP contribution >= 0.6 is 11.6 Å². The predicted octanol–water partition coefficient (Wildman–Crippen LogP) is 2.13. The second-order valence-electron chi connectivity index (χ2n) is 5.91. The van der Waals surface area contributed by atoms with Gasteiger partial charge < -0.3 is 5.32 Å². The zero-order valence-electron chi connectivity index (χ0n) is 13.1. The molecule has 0 bridgehead atoms. The van der Waals surface area contributed by atoms with E-state index >= 15 is 0 Å². The normalized spacial score (nSPS) is 21.5. The molecular formula is C15H19ClN6O. The van der Waals surface area contributed by atoms with E-state index in [-0.39, 0.29) is 5.91 Å². The summed E-state index contributed by atoms with van der Waals surface area (Å²) in [6.07, 6.45) is 3.75. The third kappa shape index (κ3) is 3.51. The first-order chi connectivity index (χ1) is 11.0. The zero-order chi connectivity index (χ0) is 16.4. The predicted molar refractivity (Wildman–Crippen MR) is 87.7 cm³/mol. The van der Waals surface area contributed by atoms with Crippen LogP contribution in [0.4, 0.5) is 5.69 Å². The second kappa shape index (κ2) is 6.64. The molecule has 3 rings (SSSR count). The van der Waals surface area contributed by atoms with Crippen molar-refractivity contribution in [1.29, 1.82) is 0 Å². The zero-order valence-corrected chi connectivity index (χ0v) is 13.9. The summed E-state index contributed by atoms with van der Waals surface area (Å²) in [5, 5.41) is 14.4. The number of hydrogen-bond acceptors (Lipinski definition) is 5. The number of benzene rings is 1. The maximum Gasteiger partial charge on any atom is 0.238 e. The van der Waals surface area contributed by atoms with Crippen LogP contribution in [-0.4, -0.2) is 49.6 Å². The summed E-state index contributed by atoms with van der Waals surface area (Å²) in [7, 11) is 0. The van der Waals surface area contributed by atoms with Gasteiger partial charge in [0.1, 0.15) is 6.33 Å². The van der Waals surface area contributed by atoms with E-state index in [4.69, 9.17) is 11.6 Å². The number of nitrogens with one attached hydrogen (secondary N) is 1. The molecule has 0 spiro atoms. The third-order valence-corrected chi connectivity index (χ3v) is 4.63. The molecule has 1 amide bonds. The van der Waals surface area contributed by atoms with Gasteiger partial charge in [-0.1, -0.05) is 11.6 Å². The molecule has 1 N–H and O–H groups in total. The van der Waals surface area contributed by atoms with Gasteiger partial charge >= 0.3 is 0 Å². The molecule has 8 heteroatoms. The lowest BCUT2D eigenvalue weighted by Crippen LogP contribution is -2.39. The first kappa shape index (κ1) is 15.9. The van der Waals surface area contributed by atoms with E-state index in [0.29, 0.717) is 29.3 Å². The Morgan fingerprint density at radius 1 is 1.35 bits per heavy atom. The van der Waals surface area contributed by atoms with Gasteiger partial charge in [-0.3, -0.25) is 9.69 Å². The molecule has 2 aromatic rings. The first-order valence-electron chi connectivity index (χ1n) is 7.63. The molecule has 1 fully saturated rings. The summed E-state index contributed by atoms with van der Waals surface area (Å²) in [5.41, 5.74) is 1.29. The molecule has 1 aromatic heterocycles. The quantitative estimate of drug-likeness (QED) is 0.927. The van der Waals surface area contributed by atoms with Crippen molar-refractivity contribution in [2.45, 2.75) is 38.8 Å². The largest absolute Gasteiger partial charge is 0.324 e. The Kier molecular flexibility index (Phi) is 4.58. The summed E-state index contributed by atoms with van der Waals surface area (Å²) >= 11 is 6.19. The van der Waals surface area contributed by atoms with Gasteiger partial charge in [0.2, 0.25) is 5.91 Å². The lowest BCUT2D eigenvalue weighted by molar-refractivity contribution is -0.117. The summed E-state index contributed by atoms with van der Waals surface area (Å²) in [5.74, 6) is -0.0682. The molecule has 23 heavy (non-hydrogen) atoms. The number of carbonyl (C=O) groups is 1. The number of hydrogen-bond donors (Lipinski definition) is 1. The highest BCUT2D eigenvalue weighted by atomic mass is 35.5. The van der Waals surface area contributed by atoms with Crippen LogP contribution < -0.4 is 5.32 Å². The number of nitrogens with zero attached hydrogens (tertiary/aromatic N) is 5. The highest BCUT2D eigenvalue weighted by Crippen LogP contribution is 2.26. The van der Waals surface area contributed by atoms with Crippen molar-refractivity contribution in [3.05, 3.63) is 29.5 Å². The van der Waals surface area contributed by atoms with Crippen LogP contribution in [-0.2, 0) is 4.79 Å². The number of amides is 1. The fourth-order valence-corrected chi connectivity index (χ4v) is 3.11. The van der Waals surface area contributed by atoms with Crippen LogP contribution in [0.5, 0.6) is 0 Å². The van der Waals surface area contributed by atoms with Crippen LogP contribution in [0.15, 0.2) is 24.5 Å². The molecule has 122 valence electrons. The molecule has 1 aliphatic rings. The summed E-state index contributed by atoms with van der Waals surface area (Å²) in [6.45, 7) is 4.68. The number of halogens is 1. The molecule has 0 radical (unpaired) electrons. The Morgan fingerprint density at radius 3 is 2.74 bits per heavy atom. The standard InChI is InChI=1S/C15H19ClN6O/c1-10-3-4-11(2)21(10)8-15(23)18-14-7-12(5-6-13(14)16)22-9-17-19-20-22/h5-7,9-11H,3-4,8H2,1-2H3,(H,18,23)/t10-,11-/m0/s1. The van der Waals surface area contributed by atoms with Crippen LogP contribution in [0.3, 0.4) is 0 Å². The Bertz CT molecular complexity index is 679. The van der Waals surface area contributed by atoms with Crippen molar-refractivity contribution in [3.8, 4) is 5.69 Å². The van der Waals surface area contributed by atoms with E-state index in [1.807, 2.05) is 0 Å². The van der Waals surface area contributed by atoms with Gasteiger partial charge in [0.05, 0.1) is 22.9 Å². The Labute approximate surface area is 139 Å². The van der Waals surface area contributed by atoms with Crippen molar-refractivity contribution in [2.24, 2.45) is 0 Å². The van der Waals surface area contributed by atoms with E-state index in [1.165, 1.54) is 11.0 Å². The van der Waals surface area contributed by atoms with Crippen LogP contribution in [0.25, 0.3) is 5.69 Å². The molecule has 0 unspecified atom stereocenters. The van der Waals surface area contributed by atoms with Gasteiger partial charge in [-0.05, 0) is 55.3 Å². The minimum atomic E-state index is -0.0682. The van der Waals surface area contributed by atoms with E-state index in [9.17, 15) is 4.79 Å². The highest BCUT2D eigenvalue weighted by molar-refractivity contribution is 6.33. The smallest absolute Gasteiger partial charge is 0.238 e. The van der Waals surface area contributed by atoms with E-state index in [1.54, 1.807) is 18.2 Å². The van der Waals surface area contributed by atoms with Crippen molar-refractivity contribution >= 4 is 23.2 Å². The minimum Gasteiger partial charge on any atom is -0.324 e. The van der Waals surface area contributed by atoms with E-state index < -0.39 is 0 Å². The van der Waals surface area contributed by atoms with Gasteiger partial charge in [-0.2, -0.15) is 0 Å². The molecule has 1 aromatic carbocycles. The maximum atomic E-state index is 12.4. The average molecular weight is 335 g/mol. The van der Waals surface area contributed by atoms with Crippen LogP contribution in [0, 0.1) is 0 Å². The average Bonchev–Trinajstić information content (AvgIpc) is 3.15. The fraction of sp³-hybridized carbons (Fsp3) is 0.467. The molecule has 0 saturated carbocycles. The summed E-state index contributed by atoms with van der Waals surface area (Å²) < 4.78 is 1.51. The summed E-state index contributed by atoms with van der Waals surface area (Å²) in [6, 6.07) is 6.12. The Morgan fingerprint density at radius 2 is 2.09 bits per heavy atom. The van der Waals surface area contributed by atoms with Crippen molar-refractivity contribution in [3.63, 3.8) is 0 Å². The molecule has 1 aliphatic heterocycles. The molecule has 7 nitrogen and oxygen atoms in total. The highest BCUT2D eigenvalue weighted by Gasteiger charge is 2.28. The van der Waals surface area contributed by atoms with Crippen molar-refractivity contribution in [1.82, 2.24) is 25.1 Å². The van der Waals surface area contributed by atoms with Gasteiger partial charge in [-0.15, -0.1) is 5.10 Å². The third-order valence-electron chi connectivity index (χ3n) is 4.30. The topological polar surface area (TPSA) is 75.9 Å².